The molecule has 0 amide bonds. The lowest BCUT2D eigenvalue weighted by Gasteiger charge is -2.15. The van der Waals surface area contributed by atoms with Gasteiger partial charge in [-0.15, -0.1) is 0 Å². The number of thioether (sulfide) groups is 1. The molecule has 1 aliphatic rings. The van der Waals surface area contributed by atoms with E-state index in [9.17, 15) is 17.6 Å². The van der Waals surface area contributed by atoms with Gasteiger partial charge in [-0.2, -0.15) is 24.9 Å². The van der Waals surface area contributed by atoms with Crippen LogP contribution in [0.2, 0.25) is 0 Å². The first-order valence-electron chi connectivity index (χ1n) is 6.11. The van der Waals surface area contributed by atoms with Crippen molar-refractivity contribution in [3.8, 4) is 0 Å². The van der Waals surface area contributed by atoms with Gasteiger partial charge >= 0.3 is 6.18 Å². The summed E-state index contributed by atoms with van der Waals surface area (Å²) in [6.45, 7) is 0.831. The lowest BCUT2D eigenvalue weighted by molar-refractivity contribution is -0.138. The van der Waals surface area contributed by atoms with Crippen molar-refractivity contribution in [2.45, 2.75) is 19.1 Å². The molecule has 106 valence electrons. The van der Waals surface area contributed by atoms with Gasteiger partial charge in [-0.05, 0) is 48.1 Å². The van der Waals surface area contributed by atoms with Crippen LogP contribution in [0.1, 0.15) is 17.5 Å². The Hall–Kier alpha value is -0.750. The van der Waals surface area contributed by atoms with Crippen molar-refractivity contribution in [2.75, 3.05) is 18.1 Å². The molecular formula is C13H15F4NS. The van der Waals surface area contributed by atoms with E-state index >= 15 is 0 Å². The molecule has 1 fully saturated rings. The summed E-state index contributed by atoms with van der Waals surface area (Å²) in [5, 5.41) is 3.04. The molecule has 1 unspecified atom stereocenters. The van der Waals surface area contributed by atoms with Crippen molar-refractivity contribution in [3.05, 3.63) is 35.1 Å². The maximum Gasteiger partial charge on any atom is 0.416 e. The minimum absolute atomic E-state index is 0.0968. The Morgan fingerprint density at radius 3 is 2.74 bits per heavy atom. The second kappa shape index (κ2) is 6.13. The summed E-state index contributed by atoms with van der Waals surface area (Å²) >= 11 is 1.87. The molecule has 1 atom stereocenters. The van der Waals surface area contributed by atoms with Gasteiger partial charge in [0.25, 0.3) is 0 Å². The van der Waals surface area contributed by atoms with E-state index in [2.05, 4.69) is 5.32 Å². The Kier molecular flexibility index (Phi) is 4.73. The van der Waals surface area contributed by atoms with Crippen molar-refractivity contribution in [2.24, 2.45) is 5.92 Å². The molecule has 1 aromatic rings. The third kappa shape index (κ3) is 4.11. The molecule has 0 spiro atoms. The molecule has 1 N–H and O–H groups in total. The van der Waals surface area contributed by atoms with E-state index in [1.165, 1.54) is 6.07 Å². The zero-order valence-electron chi connectivity index (χ0n) is 10.3. The topological polar surface area (TPSA) is 12.0 Å². The van der Waals surface area contributed by atoms with Crippen molar-refractivity contribution in [1.82, 2.24) is 5.32 Å². The van der Waals surface area contributed by atoms with E-state index in [4.69, 9.17) is 0 Å². The van der Waals surface area contributed by atoms with Gasteiger partial charge in [0.05, 0.1) is 5.56 Å². The average molecular weight is 293 g/mol. The van der Waals surface area contributed by atoms with E-state index < -0.39 is 17.6 Å². The normalized spacial score (nSPS) is 19.9. The summed E-state index contributed by atoms with van der Waals surface area (Å²) in [6, 6.07) is 2.83. The van der Waals surface area contributed by atoms with Crippen LogP contribution in [0.25, 0.3) is 0 Å². The smallest absolute Gasteiger partial charge is 0.312 e. The van der Waals surface area contributed by atoms with E-state index in [-0.39, 0.29) is 12.1 Å². The molecule has 2 rings (SSSR count). The van der Waals surface area contributed by atoms with Gasteiger partial charge in [0, 0.05) is 6.54 Å². The number of benzene rings is 1. The minimum Gasteiger partial charge on any atom is -0.312 e. The molecule has 0 radical (unpaired) electrons. The van der Waals surface area contributed by atoms with Gasteiger partial charge in [0.2, 0.25) is 0 Å². The van der Waals surface area contributed by atoms with Crippen LogP contribution in [-0.4, -0.2) is 18.1 Å². The number of rotatable bonds is 4. The van der Waals surface area contributed by atoms with Crippen LogP contribution in [-0.2, 0) is 12.7 Å². The first-order valence-corrected chi connectivity index (χ1v) is 7.26. The highest BCUT2D eigenvalue weighted by molar-refractivity contribution is 7.99. The fourth-order valence-corrected chi connectivity index (χ4v) is 3.41. The Labute approximate surface area is 113 Å². The van der Waals surface area contributed by atoms with E-state index in [0.29, 0.717) is 18.5 Å². The van der Waals surface area contributed by atoms with Gasteiger partial charge in [0.15, 0.2) is 0 Å². The maximum atomic E-state index is 12.9. The summed E-state index contributed by atoms with van der Waals surface area (Å²) in [5.41, 5.74) is -0.791. The second-order valence-electron chi connectivity index (χ2n) is 4.66. The van der Waals surface area contributed by atoms with Crippen LogP contribution in [0.15, 0.2) is 18.2 Å². The second-order valence-corrected chi connectivity index (χ2v) is 5.81. The summed E-state index contributed by atoms with van der Waals surface area (Å²) < 4.78 is 51.2. The highest BCUT2D eigenvalue weighted by Crippen LogP contribution is 2.32. The summed E-state index contributed by atoms with van der Waals surface area (Å²) in [6.07, 6.45) is -3.41. The van der Waals surface area contributed by atoms with E-state index in [1.807, 2.05) is 11.8 Å². The average Bonchev–Trinajstić information content (AvgIpc) is 2.83. The Bertz CT molecular complexity index is 427. The Balaban J connectivity index is 1.98. The predicted octanol–water partition coefficient (Wildman–Crippen LogP) is 3.69. The van der Waals surface area contributed by atoms with Crippen LogP contribution < -0.4 is 5.32 Å². The lowest BCUT2D eigenvalue weighted by atomic mass is 10.1. The fourth-order valence-electron chi connectivity index (χ4n) is 2.12. The maximum absolute atomic E-state index is 12.9. The molecule has 1 aromatic carbocycles. The van der Waals surface area contributed by atoms with Crippen LogP contribution in [0, 0.1) is 11.7 Å². The third-order valence-corrected chi connectivity index (χ3v) is 4.38. The molecule has 1 nitrogen and oxygen atoms in total. The number of hydrogen-bond donors (Lipinski definition) is 1. The third-order valence-electron chi connectivity index (χ3n) is 3.15. The van der Waals surface area contributed by atoms with E-state index in [1.54, 1.807) is 0 Å². The van der Waals surface area contributed by atoms with Crippen LogP contribution in [0.3, 0.4) is 0 Å². The molecule has 1 aliphatic heterocycles. The van der Waals surface area contributed by atoms with Crippen LogP contribution >= 0.6 is 11.8 Å². The number of halogens is 4. The molecule has 19 heavy (non-hydrogen) atoms. The zero-order chi connectivity index (χ0) is 13.9. The summed E-state index contributed by atoms with van der Waals surface area (Å²) in [5.74, 6) is 1.85. The molecule has 6 heteroatoms. The van der Waals surface area contributed by atoms with Crippen LogP contribution in [0.4, 0.5) is 17.6 Å². The SMILES string of the molecule is Fc1ccc(CNCC2CCSC2)c(C(F)(F)F)c1. The molecule has 0 bridgehead atoms. The molecule has 1 saturated heterocycles. The Morgan fingerprint density at radius 2 is 2.11 bits per heavy atom. The first kappa shape index (κ1) is 14.7. The van der Waals surface area contributed by atoms with Gasteiger partial charge in [-0.1, -0.05) is 6.07 Å². The largest absolute Gasteiger partial charge is 0.416 e. The van der Waals surface area contributed by atoms with Gasteiger partial charge < -0.3 is 5.32 Å². The zero-order valence-corrected chi connectivity index (χ0v) is 11.1. The molecule has 0 saturated carbocycles. The number of nitrogens with one attached hydrogen (secondary N) is 1. The highest BCUT2D eigenvalue weighted by Gasteiger charge is 2.33. The monoisotopic (exact) mass is 293 g/mol. The van der Waals surface area contributed by atoms with Gasteiger partial charge in [-0.25, -0.2) is 4.39 Å². The van der Waals surface area contributed by atoms with Gasteiger partial charge in [0.1, 0.15) is 5.82 Å². The quantitative estimate of drug-likeness (QED) is 0.850. The fraction of sp³-hybridized carbons (Fsp3) is 0.538. The molecule has 0 aliphatic carbocycles. The van der Waals surface area contributed by atoms with Crippen molar-refractivity contribution in [3.63, 3.8) is 0 Å². The molecule has 0 aromatic heterocycles. The van der Waals surface area contributed by atoms with Crippen LogP contribution in [0.5, 0.6) is 0 Å². The van der Waals surface area contributed by atoms with E-state index in [0.717, 1.165) is 24.0 Å². The summed E-state index contributed by atoms with van der Waals surface area (Å²) in [7, 11) is 0. The standard InChI is InChI=1S/C13H15F4NS/c14-11-2-1-10(12(5-11)13(15,16)17)7-18-6-9-3-4-19-8-9/h1-2,5,9,18H,3-4,6-8H2. The molecular weight excluding hydrogens is 278 g/mol. The van der Waals surface area contributed by atoms with Gasteiger partial charge in [-0.3, -0.25) is 0 Å². The number of hydrogen-bond acceptors (Lipinski definition) is 2. The minimum atomic E-state index is -4.51. The lowest BCUT2D eigenvalue weighted by Crippen LogP contribution is -2.24. The summed E-state index contributed by atoms with van der Waals surface area (Å²) in [4.78, 5) is 0. The molecule has 1 heterocycles. The highest BCUT2D eigenvalue weighted by atomic mass is 32.2. The number of alkyl halides is 3. The predicted molar refractivity (Wildman–Crippen MR) is 68.5 cm³/mol. The van der Waals surface area contributed by atoms with Crippen molar-refractivity contribution >= 4 is 11.8 Å². The first-order chi connectivity index (χ1) is 8.97. The van der Waals surface area contributed by atoms with Crippen molar-refractivity contribution in [1.29, 1.82) is 0 Å². The Morgan fingerprint density at radius 1 is 1.32 bits per heavy atom. The van der Waals surface area contributed by atoms with Crippen molar-refractivity contribution < 1.29 is 17.6 Å².